The van der Waals surface area contributed by atoms with E-state index in [2.05, 4.69) is 5.32 Å². The van der Waals surface area contributed by atoms with Gasteiger partial charge in [0.15, 0.2) is 0 Å². The van der Waals surface area contributed by atoms with Gasteiger partial charge in [-0.15, -0.1) is 11.3 Å². The maximum absolute atomic E-state index is 12.4. The lowest BCUT2D eigenvalue weighted by molar-refractivity contribution is -0.125. The number of nitrogens with one attached hydrogen (secondary N) is 1. The molecule has 2 amide bonds. The summed E-state index contributed by atoms with van der Waals surface area (Å²) in [5.41, 5.74) is 4.46. The molecule has 0 aliphatic rings. The van der Waals surface area contributed by atoms with E-state index < -0.39 is 17.4 Å². The fourth-order valence-corrected chi connectivity index (χ4v) is 2.67. The van der Waals surface area contributed by atoms with Gasteiger partial charge in [-0.2, -0.15) is 0 Å². The topological polar surface area (TPSA) is 90.7 Å². The molecule has 1 atom stereocenters. The molecule has 0 bridgehead atoms. The molecule has 2 rings (SSSR count). The molecule has 0 aliphatic carbocycles. The number of carbonyl (C=O) groups is 2. The molecule has 0 radical (unpaired) electrons. The molecule has 0 fully saturated rings. The summed E-state index contributed by atoms with van der Waals surface area (Å²) in [6.07, 6.45) is 0. The van der Waals surface area contributed by atoms with Gasteiger partial charge in [0.2, 0.25) is 5.91 Å². The summed E-state index contributed by atoms with van der Waals surface area (Å²) in [4.78, 5) is 25.1. The van der Waals surface area contributed by atoms with Crippen LogP contribution in [0.5, 0.6) is 5.75 Å². The van der Waals surface area contributed by atoms with Crippen molar-refractivity contribution in [2.45, 2.75) is 19.1 Å². The molecule has 128 valence electrons. The van der Waals surface area contributed by atoms with E-state index >= 15 is 0 Å². The van der Waals surface area contributed by atoms with Crippen LogP contribution in [0, 0.1) is 0 Å². The van der Waals surface area contributed by atoms with E-state index in [9.17, 15) is 9.59 Å². The van der Waals surface area contributed by atoms with Crippen LogP contribution in [0.1, 0.15) is 22.2 Å². The van der Waals surface area contributed by atoms with Gasteiger partial charge in [0, 0.05) is 17.6 Å². The monoisotopic (exact) mass is 348 g/mol. The number of methoxy groups -OCH3 is 1. The molecule has 1 aromatic carbocycles. The van der Waals surface area contributed by atoms with Gasteiger partial charge >= 0.3 is 0 Å². The van der Waals surface area contributed by atoms with Crippen molar-refractivity contribution in [1.29, 1.82) is 0 Å². The number of nitrogens with two attached hydrogens (primary N) is 1. The number of hydrogen-bond acceptors (Lipinski definition) is 5. The van der Waals surface area contributed by atoms with Crippen LogP contribution in [-0.2, 0) is 16.1 Å². The summed E-state index contributed by atoms with van der Waals surface area (Å²) in [6.45, 7) is 1.95. The van der Waals surface area contributed by atoms with Crippen LogP contribution >= 0.6 is 11.3 Å². The second kappa shape index (κ2) is 7.94. The molecule has 0 spiro atoms. The highest BCUT2D eigenvalue weighted by molar-refractivity contribution is 7.09. The van der Waals surface area contributed by atoms with Gasteiger partial charge in [-0.1, -0.05) is 12.1 Å². The van der Waals surface area contributed by atoms with E-state index in [1.54, 1.807) is 35.6 Å². The first-order valence-electron chi connectivity index (χ1n) is 7.31. The van der Waals surface area contributed by atoms with Crippen LogP contribution in [0.15, 0.2) is 41.8 Å². The van der Waals surface area contributed by atoms with Gasteiger partial charge in [-0.05, 0) is 36.6 Å². The number of thiophene rings is 1. The second-order valence-corrected chi connectivity index (χ2v) is 6.51. The molecule has 0 saturated carbocycles. The van der Waals surface area contributed by atoms with Gasteiger partial charge in [0.05, 0.1) is 6.61 Å². The highest BCUT2D eigenvalue weighted by Gasteiger charge is 2.33. The highest BCUT2D eigenvalue weighted by Crippen LogP contribution is 2.18. The number of rotatable bonds is 8. The number of amides is 2. The van der Waals surface area contributed by atoms with Crippen molar-refractivity contribution in [1.82, 2.24) is 5.32 Å². The minimum Gasteiger partial charge on any atom is -0.488 e. The maximum atomic E-state index is 12.4. The van der Waals surface area contributed by atoms with E-state index in [4.69, 9.17) is 15.2 Å². The van der Waals surface area contributed by atoms with Crippen LogP contribution in [-0.4, -0.2) is 31.1 Å². The molecule has 24 heavy (non-hydrogen) atoms. The molecule has 2 aromatic rings. The van der Waals surface area contributed by atoms with Crippen LogP contribution in [0.25, 0.3) is 0 Å². The minimum absolute atomic E-state index is 0.0113. The van der Waals surface area contributed by atoms with Crippen molar-refractivity contribution in [3.8, 4) is 5.75 Å². The van der Waals surface area contributed by atoms with Gasteiger partial charge in [-0.3, -0.25) is 9.59 Å². The molecule has 7 heteroatoms. The van der Waals surface area contributed by atoms with E-state index in [0.29, 0.717) is 17.9 Å². The van der Waals surface area contributed by atoms with Gasteiger partial charge < -0.3 is 20.5 Å². The SMILES string of the molecule is COC[C@](C)(NC(=O)c1cccc(OCc2cccs2)c1)C(N)=O. The Morgan fingerprint density at radius 3 is 2.71 bits per heavy atom. The zero-order valence-corrected chi connectivity index (χ0v) is 14.4. The number of primary amides is 1. The third-order valence-corrected chi connectivity index (χ3v) is 4.27. The third-order valence-electron chi connectivity index (χ3n) is 3.42. The smallest absolute Gasteiger partial charge is 0.252 e. The zero-order valence-electron chi connectivity index (χ0n) is 13.6. The Bertz CT molecular complexity index is 702. The van der Waals surface area contributed by atoms with Crippen molar-refractivity contribution in [3.63, 3.8) is 0 Å². The van der Waals surface area contributed by atoms with Gasteiger partial charge in [0.1, 0.15) is 17.9 Å². The van der Waals surface area contributed by atoms with E-state index in [1.165, 1.54) is 14.0 Å². The van der Waals surface area contributed by atoms with E-state index in [1.807, 2.05) is 17.5 Å². The molecular formula is C17H20N2O4S. The van der Waals surface area contributed by atoms with E-state index in [-0.39, 0.29) is 6.61 Å². The number of ether oxygens (including phenoxy) is 2. The molecule has 3 N–H and O–H groups in total. The fourth-order valence-electron chi connectivity index (χ4n) is 2.06. The molecule has 0 unspecified atom stereocenters. The van der Waals surface area contributed by atoms with Crippen LogP contribution < -0.4 is 15.8 Å². The lowest BCUT2D eigenvalue weighted by Crippen LogP contribution is -2.58. The maximum Gasteiger partial charge on any atom is 0.252 e. The Hall–Kier alpha value is -2.38. The molecule has 0 saturated heterocycles. The highest BCUT2D eigenvalue weighted by atomic mass is 32.1. The standard InChI is InChI=1S/C17H20N2O4S/c1-17(11-22-2,16(18)21)19-15(20)12-5-3-6-13(9-12)23-10-14-7-4-8-24-14/h3-9H,10-11H2,1-2H3,(H2,18,21)(H,19,20)/t17-/m0/s1. The van der Waals surface area contributed by atoms with Crippen molar-refractivity contribution in [3.05, 3.63) is 52.2 Å². The Balaban J connectivity index is 2.06. The first-order valence-corrected chi connectivity index (χ1v) is 8.19. The Morgan fingerprint density at radius 1 is 1.29 bits per heavy atom. The summed E-state index contributed by atoms with van der Waals surface area (Å²) >= 11 is 1.60. The predicted octanol–water partition coefficient (Wildman–Crippen LogP) is 1.95. The number of benzene rings is 1. The predicted molar refractivity (Wildman–Crippen MR) is 92.0 cm³/mol. The number of hydrogen-bond donors (Lipinski definition) is 2. The number of carbonyl (C=O) groups excluding carboxylic acids is 2. The van der Waals surface area contributed by atoms with Crippen molar-refractivity contribution in [2.75, 3.05) is 13.7 Å². The first kappa shape index (κ1) is 18.0. The molecule has 1 aromatic heterocycles. The van der Waals surface area contributed by atoms with Crippen LogP contribution in [0.3, 0.4) is 0 Å². The molecule has 6 nitrogen and oxygen atoms in total. The lowest BCUT2D eigenvalue weighted by Gasteiger charge is -2.26. The second-order valence-electron chi connectivity index (χ2n) is 5.48. The van der Waals surface area contributed by atoms with Crippen molar-refractivity contribution >= 4 is 23.2 Å². The summed E-state index contributed by atoms with van der Waals surface area (Å²) in [7, 11) is 1.44. The zero-order chi connectivity index (χ0) is 17.6. The quantitative estimate of drug-likeness (QED) is 0.763. The van der Waals surface area contributed by atoms with Crippen LogP contribution in [0.2, 0.25) is 0 Å². The van der Waals surface area contributed by atoms with Crippen molar-refractivity contribution in [2.24, 2.45) is 5.73 Å². The normalized spacial score (nSPS) is 13.1. The third kappa shape index (κ3) is 4.56. The summed E-state index contributed by atoms with van der Waals surface area (Å²) in [6, 6.07) is 10.7. The Morgan fingerprint density at radius 2 is 2.08 bits per heavy atom. The summed E-state index contributed by atoms with van der Waals surface area (Å²) < 4.78 is 10.6. The average molecular weight is 348 g/mol. The van der Waals surface area contributed by atoms with E-state index in [0.717, 1.165) is 4.88 Å². The molecule has 1 heterocycles. The first-order chi connectivity index (χ1) is 11.4. The minimum atomic E-state index is -1.28. The molecular weight excluding hydrogens is 328 g/mol. The summed E-state index contributed by atoms with van der Waals surface area (Å²) in [5, 5.41) is 4.59. The summed E-state index contributed by atoms with van der Waals surface area (Å²) in [5.74, 6) is -0.513. The van der Waals surface area contributed by atoms with Crippen LogP contribution in [0.4, 0.5) is 0 Å². The van der Waals surface area contributed by atoms with Gasteiger partial charge in [-0.25, -0.2) is 0 Å². The molecule has 0 aliphatic heterocycles. The van der Waals surface area contributed by atoms with Gasteiger partial charge in [0.25, 0.3) is 5.91 Å². The lowest BCUT2D eigenvalue weighted by atomic mass is 10.0. The van der Waals surface area contributed by atoms with Crippen molar-refractivity contribution < 1.29 is 19.1 Å². The average Bonchev–Trinajstić information content (AvgIpc) is 3.06. The largest absolute Gasteiger partial charge is 0.488 e. The fraction of sp³-hybridized carbons (Fsp3) is 0.294. The Kier molecular flexibility index (Phi) is 5.94. The Labute approximate surface area is 144 Å².